The van der Waals surface area contributed by atoms with E-state index in [1.165, 1.54) is 6.07 Å². The summed E-state index contributed by atoms with van der Waals surface area (Å²) in [6, 6.07) is 3.96. The average molecular weight is 289 g/mol. The number of benzene rings is 1. The summed E-state index contributed by atoms with van der Waals surface area (Å²) in [5.41, 5.74) is 5.73. The number of rotatable bonds is 4. The average Bonchev–Trinajstić information content (AvgIpc) is 2.25. The fraction of sp³-hybridized carbons (Fsp3) is 0.600. The van der Waals surface area contributed by atoms with Crippen molar-refractivity contribution in [2.75, 3.05) is 6.61 Å². The number of nitrogens with two attached hydrogens (primary N) is 1. The molecule has 1 atom stereocenters. The van der Waals surface area contributed by atoms with E-state index in [0.717, 1.165) is 6.07 Å². The smallest absolute Gasteiger partial charge is 0.375 e. The van der Waals surface area contributed by atoms with E-state index in [4.69, 9.17) is 10.5 Å². The van der Waals surface area contributed by atoms with Gasteiger partial charge in [0.25, 0.3) is 0 Å². The van der Waals surface area contributed by atoms with Gasteiger partial charge in [-0.05, 0) is 35.6 Å². The van der Waals surface area contributed by atoms with Gasteiger partial charge in [-0.15, -0.1) is 0 Å². The van der Waals surface area contributed by atoms with Crippen LogP contribution in [0.25, 0.3) is 0 Å². The molecule has 0 aromatic heterocycles. The summed E-state index contributed by atoms with van der Waals surface area (Å²) in [4.78, 5) is 0. The van der Waals surface area contributed by atoms with E-state index in [2.05, 4.69) is 0 Å². The molecule has 0 aliphatic carbocycles. The molecular formula is C15H22F3NO. The predicted molar refractivity (Wildman–Crippen MR) is 73.4 cm³/mol. The highest BCUT2D eigenvalue weighted by Gasteiger charge is 2.32. The van der Waals surface area contributed by atoms with Crippen LogP contribution in [0, 0.1) is 0 Å². The lowest BCUT2D eigenvalue weighted by Crippen LogP contribution is -2.22. The van der Waals surface area contributed by atoms with Crippen molar-refractivity contribution in [2.24, 2.45) is 5.73 Å². The summed E-state index contributed by atoms with van der Waals surface area (Å²) in [6.45, 7) is 7.89. The van der Waals surface area contributed by atoms with E-state index in [9.17, 15) is 13.2 Å². The minimum absolute atomic E-state index is 0.133. The van der Waals surface area contributed by atoms with Crippen molar-refractivity contribution in [1.29, 1.82) is 0 Å². The highest BCUT2D eigenvalue weighted by molar-refractivity contribution is 5.35. The van der Waals surface area contributed by atoms with Crippen LogP contribution < -0.4 is 5.73 Å². The van der Waals surface area contributed by atoms with Crippen LogP contribution >= 0.6 is 0 Å². The van der Waals surface area contributed by atoms with E-state index < -0.39 is 11.7 Å². The van der Waals surface area contributed by atoms with Crippen LogP contribution in [0.5, 0.6) is 0 Å². The molecule has 1 aromatic rings. The zero-order valence-electron chi connectivity index (χ0n) is 12.3. The van der Waals surface area contributed by atoms with Crippen LogP contribution in [0.4, 0.5) is 13.2 Å². The second kappa shape index (κ2) is 6.14. The van der Waals surface area contributed by atoms with E-state index >= 15 is 0 Å². The molecule has 0 amide bonds. The Bertz CT molecular complexity index is 415. The molecule has 0 bridgehead atoms. The summed E-state index contributed by atoms with van der Waals surface area (Å²) in [7, 11) is 0. The molecule has 0 saturated carbocycles. The van der Waals surface area contributed by atoms with E-state index in [1.807, 2.05) is 20.8 Å². The van der Waals surface area contributed by atoms with Gasteiger partial charge in [0.15, 0.2) is 0 Å². The standard InChI is InChI=1S/C15H22F3NO/c1-10(19)8-20-9-11-5-12(14(2,3)4)7-13(6-11)15(16,17)18/h5-7,10H,8-9,19H2,1-4H3/t10-/m0/s1. The van der Waals surface area contributed by atoms with Crippen LogP contribution in [-0.4, -0.2) is 12.6 Å². The minimum atomic E-state index is -4.35. The first-order chi connectivity index (χ1) is 9.00. The fourth-order valence-corrected chi connectivity index (χ4v) is 1.73. The van der Waals surface area contributed by atoms with Crippen molar-refractivity contribution >= 4 is 0 Å². The molecule has 5 heteroatoms. The molecule has 114 valence electrons. The van der Waals surface area contributed by atoms with Crippen LogP contribution in [0.15, 0.2) is 18.2 Å². The third-order valence-electron chi connectivity index (χ3n) is 2.84. The topological polar surface area (TPSA) is 35.2 Å². The molecule has 20 heavy (non-hydrogen) atoms. The monoisotopic (exact) mass is 289 g/mol. The van der Waals surface area contributed by atoms with Crippen molar-refractivity contribution < 1.29 is 17.9 Å². The minimum Gasteiger partial charge on any atom is -0.375 e. The SMILES string of the molecule is C[C@H](N)COCc1cc(C(C)(C)C)cc(C(F)(F)F)c1. The Morgan fingerprint density at radius 3 is 2.10 bits per heavy atom. The Kier molecular flexibility index (Phi) is 5.21. The molecule has 0 spiro atoms. The summed E-state index contributed by atoms with van der Waals surface area (Å²) >= 11 is 0. The van der Waals surface area contributed by atoms with Gasteiger partial charge >= 0.3 is 6.18 Å². The number of ether oxygens (including phenoxy) is 1. The largest absolute Gasteiger partial charge is 0.416 e. The van der Waals surface area contributed by atoms with Crippen molar-refractivity contribution in [1.82, 2.24) is 0 Å². The van der Waals surface area contributed by atoms with Crippen molar-refractivity contribution in [3.8, 4) is 0 Å². The van der Waals surface area contributed by atoms with Gasteiger partial charge in [-0.25, -0.2) is 0 Å². The molecule has 0 aliphatic rings. The second-order valence-electron chi connectivity index (χ2n) is 6.16. The van der Waals surface area contributed by atoms with E-state index in [-0.39, 0.29) is 18.1 Å². The van der Waals surface area contributed by atoms with E-state index in [0.29, 0.717) is 17.7 Å². The van der Waals surface area contributed by atoms with Gasteiger partial charge in [0, 0.05) is 6.04 Å². The third kappa shape index (κ3) is 5.13. The first-order valence-corrected chi connectivity index (χ1v) is 6.55. The van der Waals surface area contributed by atoms with Crippen LogP contribution in [-0.2, 0) is 22.9 Å². The molecule has 0 radical (unpaired) electrons. The van der Waals surface area contributed by atoms with Crippen LogP contribution in [0.3, 0.4) is 0 Å². The quantitative estimate of drug-likeness (QED) is 0.913. The maximum absolute atomic E-state index is 12.9. The number of alkyl halides is 3. The highest BCUT2D eigenvalue weighted by atomic mass is 19.4. The molecular weight excluding hydrogens is 267 g/mol. The lowest BCUT2D eigenvalue weighted by Gasteiger charge is -2.22. The lowest BCUT2D eigenvalue weighted by molar-refractivity contribution is -0.137. The highest BCUT2D eigenvalue weighted by Crippen LogP contribution is 2.34. The fourth-order valence-electron chi connectivity index (χ4n) is 1.73. The maximum atomic E-state index is 12.9. The summed E-state index contributed by atoms with van der Waals surface area (Å²) < 4.78 is 44.1. The molecule has 1 aromatic carbocycles. The van der Waals surface area contributed by atoms with Crippen molar-refractivity contribution in [2.45, 2.75) is 51.9 Å². The molecule has 0 aliphatic heterocycles. The van der Waals surface area contributed by atoms with Crippen LogP contribution in [0.2, 0.25) is 0 Å². The normalized spacial score (nSPS) is 14.4. The molecule has 2 nitrogen and oxygen atoms in total. The van der Waals surface area contributed by atoms with Gasteiger partial charge < -0.3 is 10.5 Å². The summed E-state index contributed by atoms with van der Waals surface area (Å²) in [5, 5.41) is 0. The van der Waals surface area contributed by atoms with E-state index in [1.54, 1.807) is 13.0 Å². The molecule has 2 N–H and O–H groups in total. The Labute approximate surface area is 118 Å². The second-order valence-corrected chi connectivity index (χ2v) is 6.16. The zero-order valence-corrected chi connectivity index (χ0v) is 12.3. The Balaban J connectivity index is 3.05. The summed E-state index contributed by atoms with van der Waals surface area (Å²) in [6.07, 6.45) is -4.35. The Morgan fingerprint density at radius 2 is 1.65 bits per heavy atom. The summed E-state index contributed by atoms with van der Waals surface area (Å²) in [5.74, 6) is 0. The maximum Gasteiger partial charge on any atom is 0.416 e. The van der Waals surface area contributed by atoms with Crippen LogP contribution in [0.1, 0.15) is 44.4 Å². The first-order valence-electron chi connectivity index (χ1n) is 6.55. The molecule has 0 fully saturated rings. The Morgan fingerprint density at radius 1 is 1.10 bits per heavy atom. The van der Waals surface area contributed by atoms with Gasteiger partial charge in [0.2, 0.25) is 0 Å². The predicted octanol–water partition coefficient (Wildman–Crippen LogP) is 3.87. The third-order valence-corrected chi connectivity index (χ3v) is 2.84. The number of hydrogen-bond donors (Lipinski definition) is 1. The first kappa shape index (κ1) is 17.0. The van der Waals surface area contributed by atoms with Gasteiger partial charge in [0.1, 0.15) is 0 Å². The Hall–Kier alpha value is -1.07. The van der Waals surface area contributed by atoms with Gasteiger partial charge in [-0.2, -0.15) is 13.2 Å². The molecule has 1 rings (SSSR count). The van der Waals surface area contributed by atoms with Gasteiger partial charge in [-0.1, -0.05) is 26.8 Å². The zero-order chi connectivity index (χ0) is 15.6. The number of halogens is 3. The van der Waals surface area contributed by atoms with Gasteiger partial charge in [0.05, 0.1) is 18.8 Å². The molecule has 0 saturated heterocycles. The lowest BCUT2D eigenvalue weighted by atomic mass is 9.85. The van der Waals surface area contributed by atoms with Crippen molar-refractivity contribution in [3.05, 3.63) is 34.9 Å². The molecule has 0 unspecified atom stereocenters. The van der Waals surface area contributed by atoms with Crippen molar-refractivity contribution in [3.63, 3.8) is 0 Å². The molecule has 0 heterocycles. The van der Waals surface area contributed by atoms with Gasteiger partial charge in [-0.3, -0.25) is 0 Å². The number of hydrogen-bond acceptors (Lipinski definition) is 2.